The number of hydrogen-bond donors (Lipinski definition) is 2. The first-order chi connectivity index (χ1) is 14.7. The van der Waals surface area contributed by atoms with Crippen LogP contribution in [0.4, 0.5) is 13.2 Å². The number of carbonyl (C=O) groups excluding carboxylic acids is 1. The Hall–Kier alpha value is -2.07. The molecule has 2 N–H and O–H groups in total. The molecule has 0 radical (unpaired) electrons. The molecule has 1 amide bonds. The van der Waals surface area contributed by atoms with E-state index in [9.17, 15) is 18.0 Å². The highest BCUT2D eigenvalue weighted by molar-refractivity contribution is 5.79. The number of carboxylic acid groups (broad SMARTS) is 1. The molecule has 0 unspecified atom stereocenters. The summed E-state index contributed by atoms with van der Waals surface area (Å²) in [5.41, 5.74) is 0. The van der Waals surface area contributed by atoms with Crippen LogP contribution in [-0.4, -0.2) is 59.9 Å². The third-order valence-corrected chi connectivity index (χ3v) is 6.21. The van der Waals surface area contributed by atoms with Crippen molar-refractivity contribution in [2.45, 2.75) is 63.4 Å². The van der Waals surface area contributed by atoms with Gasteiger partial charge in [-0.25, -0.2) is 4.79 Å². The average molecular weight is 446 g/mol. The summed E-state index contributed by atoms with van der Waals surface area (Å²) in [6.07, 6.45) is 4.22. The first-order valence-corrected chi connectivity index (χ1v) is 10.7. The number of piperidine rings is 1. The van der Waals surface area contributed by atoms with Gasteiger partial charge in [-0.2, -0.15) is 13.2 Å². The van der Waals surface area contributed by atoms with Crippen molar-refractivity contribution in [1.29, 1.82) is 0 Å². The normalized spacial score (nSPS) is 26.7. The number of carbonyl (C=O) groups is 2. The summed E-state index contributed by atoms with van der Waals surface area (Å²) in [4.78, 5) is 24.1. The molecule has 174 valence electrons. The number of halogens is 3. The lowest BCUT2D eigenvalue weighted by atomic mass is 9.88. The molecule has 3 aliphatic rings. The fourth-order valence-electron chi connectivity index (χ4n) is 4.71. The Morgan fingerprint density at radius 2 is 1.94 bits per heavy atom. The van der Waals surface area contributed by atoms with Crippen LogP contribution in [0.3, 0.4) is 0 Å². The molecule has 31 heavy (non-hydrogen) atoms. The summed E-state index contributed by atoms with van der Waals surface area (Å²) < 4.78 is 43.0. The van der Waals surface area contributed by atoms with Crippen LogP contribution < -0.4 is 5.32 Å². The van der Waals surface area contributed by atoms with Crippen molar-refractivity contribution in [2.24, 2.45) is 11.8 Å². The van der Waals surface area contributed by atoms with Crippen molar-refractivity contribution >= 4 is 11.9 Å². The Labute approximate surface area is 178 Å². The summed E-state index contributed by atoms with van der Waals surface area (Å²) in [5, 5.41) is 10.2. The Kier molecular flexibility index (Phi) is 7.99. The van der Waals surface area contributed by atoms with Gasteiger partial charge < -0.3 is 19.6 Å². The predicted octanol–water partition coefficient (Wildman–Crippen LogP) is 3.20. The molecule has 1 saturated carbocycles. The van der Waals surface area contributed by atoms with E-state index >= 15 is 0 Å². The molecule has 3 heterocycles. The number of likely N-dealkylation sites (tertiary alicyclic amines) is 1. The number of amides is 1. The minimum absolute atomic E-state index is 0.0284. The van der Waals surface area contributed by atoms with E-state index in [-0.39, 0.29) is 17.9 Å². The Morgan fingerprint density at radius 1 is 1.23 bits per heavy atom. The second kappa shape index (κ2) is 10.5. The van der Waals surface area contributed by atoms with Crippen molar-refractivity contribution in [3.8, 4) is 0 Å². The first kappa shape index (κ1) is 23.6. The van der Waals surface area contributed by atoms with Gasteiger partial charge in [-0.1, -0.05) is 12.8 Å². The van der Waals surface area contributed by atoms with Gasteiger partial charge in [0, 0.05) is 25.7 Å². The molecular weight excluding hydrogens is 417 g/mol. The Balaban J connectivity index is 0.000000339. The van der Waals surface area contributed by atoms with Gasteiger partial charge in [-0.05, 0) is 43.7 Å². The fraction of sp³-hybridized carbons (Fsp3) is 0.714. The van der Waals surface area contributed by atoms with Crippen LogP contribution in [0.2, 0.25) is 0 Å². The van der Waals surface area contributed by atoms with Crippen LogP contribution in [0.5, 0.6) is 0 Å². The number of hydrogen-bond acceptors (Lipinski definition) is 5. The highest BCUT2D eigenvalue weighted by Crippen LogP contribution is 2.34. The zero-order chi connectivity index (χ0) is 22.4. The smallest absolute Gasteiger partial charge is 0.475 e. The summed E-state index contributed by atoms with van der Waals surface area (Å²) >= 11 is 0. The minimum atomic E-state index is -5.08. The number of nitrogens with zero attached hydrogens (tertiary/aromatic N) is 1. The van der Waals surface area contributed by atoms with Crippen molar-refractivity contribution < 1.29 is 37.0 Å². The van der Waals surface area contributed by atoms with E-state index in [1.807, 2.05) is 12.1 Å². The predicted molar refractivity (Wildman–Crippen MR) is 104 cm³/mol. The number of rotatable bonds is 5. The maximum atomic E-state index is 12.6. The second-order valence-corrected chi connectivity index (χ2v) is 8.40. The van der Waals surface area contributed by atoms with Gasteiger partial charge in [0.1, 0.15) is 5.76 Å². The monoisotopic (exact) mass is 446 g/mol. The topological polar surface area (TPSA) is 92.0 Å². The molecule has 2 aliphatic heterocycles. The van der Waals surface area contributed by atoms with Crippen molar-refractivity contribution in [2.75, 3.05) is 19.7 Å². The highest BCUT2D eigenvalue weighted by Gasteiger charge is 2.42. The number of aliphatic carboxylic acids is 1. The van der Waals surface area contributed by atoms with Gasteiger partial charge in [0.2, 0.25) is 5.91 Å². The van der Waals surface area contributed by atoms with Crippen LogP contribution in [0.1, 0.15) is 44.3 Å². The number of fused-ring (bicyclic) bond motifs is 1. The molecule has 10 heteroatoms. The van der Waals surface area contributed by atoms with E-state index < -0.39 is 12.1 Å². The highest BCUT2D eigenvalue weighted by atomic mass is 19.4. The van der Waals surface area contributed by atoms with E-state index in [1.54, 1.807) is 6.26 Å². The quantitative estimate of drug-likeness (QED) is 0.722. The fourth-order valence-corrected chi connectivity index (χ4v) is 4.71. The standard InChI is InChI=1S/C19H28N2O3.C2HF3O2/c22-19(20-11-16-6-3-8-23-16)15-10-18-17(7-9-24-18)21(13-15)12-14-4-1-2-5-14;3-2(4,5)1(6)7/h3,6,8,14-15,17-18H,1-2,4-5,7,9-13H2,(H,20,22);(H,6,7)/t15-,17-,18-;/m1./s1. The van der Waals surface area contributed by atoms with E-state index in [0.717, 1.165) is 44.2 Å². The van der Waals surface area contributed by atoms with Crippen molar-refractivity contribution in [1.82, 2.24) is 10.2 Å². The van der Waals surface area contributed by atoms with Crippen molar-refractivity contribution in [3.05, 3.63) is 24.2 Å². The SMILES string of the molecule is O=C(NCc1ccco1)[C@@H]1C[C@H]2OCC[C@H]2N(CC2CCCC2)C1.O=C(O)C(F)(F)F. The molecule has 1 aromatic heterocycles. The summed E-state index contributed by atoms with van der Waals surface area (Å²) in [7, 11) is 0. The molecular formula is C21H29F3N2O5. The molecule has 3 atom stereocenters. The third-order valence-electron chi connectivity index (χ3n) is 6.21. The van der Waals surface area contributed by atoms with Gasteiger partial charge in [-0.15, -0.1) is 0 Å². The molecule has 3 fully saturated rings. The van der Waals surface area contributed by atoms with E-state index in [2.05, 4.69) is 10.2 Å². The second-order valence-electron chi connectivity index (χ2n) is 8.40. The maximum absolute atomic E-state index is 12.6. The number of nitrogens with one attached hydrogen (secondary N) is 1. The van der Waals surface area contributed by atoms with Crippen molar-refractivity contribution in [3.63, 3.8) is 0 Å². The van der Waals surface area contributed by atoms with Gasteiger partial charge in [0.25, 0.3) is 0 Å². The third kappa shape index (κ3) is 6.70. The van der Waals surface area contributed by atoms with Gasteiger partial charge >= 0.3 is 12.1 Å². The summed E-state index contributed by atoms with van der Waals surface area (Å²) in [5.74, 6) is -0.974. The van der Waals surface area contributed by atoms with E-state index in [4.69, 9.17) is 19.1 Å². The van der Waals surface area contributed by atoms with Gasteiger partial charge in [0.05, 0.1) is 24.8 Å². The molecule has 7 nitrogen and oxygen atoms in total. The van der Waals surface area contributed by atoms with Crippen LogP contribution >= 0.6 is 0 Å². The van der Waals surface area contributed by atoms with Crippen LogP contribution in [0, 0.1) is 11.8 Å². The number of furan rings is 1. The summed E-state index contributed by atoms with van der Waals surface area (Å²) in [6.45, 7) is 3.34. The number of alkyl halides is 3. The molecule has 0 spiro atoms. The molecule has 0 bridgehead atoms. The maximum Gasteiger partial charge on any atom is 0.490 e. The van der Waals surface area contributed by atoms with E-state index in [0.29, 0.717) is 12.6 Å². The zero-order valence-corrected chi connectivity index (χ0v) is 17.3. The molecule has 4 rings (SSSR count). The van der Waals surface area contributed by atoms with Crippen LogP contribution in [0.25, 0.3) is 0 Å². The van der Waals surface area contributed by atoms with E-state index in [1.165, 1.54) is 25.7 Å². The summed E-state index contributed by atoms with van der Waals surface area (Å²) in [6, 6.07) is 4.27. The molecule has 1 aliphatic carbocycles. The molecule has 1 aromatic rings. The largest absolute Gasteiger partial charge is 0.490 e. The lowest BCUT2D eigenvalue weighted by Gasteiger charge is -2.41. The lowest BCUT2D eigenvalue weighted by molar-refractivity contribution is -0.192. The molecule has 2 saturated heterocycles. The number of carboxylic acids is 1. The minimum Gasteiger partial charge on any atom is -0.475 e. The number of ether oxygens (including phenoxy) is 1. The zero-order valence-electron chi connectivity index (χ0n) is 17.3. The molecule has 0 aromatic carbocycles. The lowest BCUT2D eigenvalue weighted by Crippen LogP contribution is -2.53. The van der Waals surface area contributed by atoms with Crippen LogP contribution in [0.15, 0.2) is 22.8 Å². The average Bonchev–Trinajstić information content (AvgIpc) is 3.47. The Morgan fingerprint density at radius 3 is 2.55 bits per heavy atom. The van der Waals surface area contributed by atoms with Gasteiger partial charge in [0.15, 0.2) is 0 Å². The van der Waals surface area contributed by atoms with Gasteiger partial charge in [-0.3, -0.25) is 9.69 Å². The Bertz CT molecular complexity index is 719. The first-order valence-electron chi connectivity index (χ1n) is 10.7. The van der Waals surface area contributed by atoms with Crippen LogP contribution in [-0.2, 0) is 20.9 Å².